The maximum atomic E-state index is 13.6. The van der Waals surface area contributed by atoms with E-state index in [0.29, 0.717) is 18.0 Å². The van der Waals surface area contributed by atoms with Gasteiger partial charge in [0.25, 0.3) is 0 Å². The number of unbranched alkanes of at least 4 members (excludes halogenated alkanes) is 1. The summed E-state index contributed by atoms with van der Waals surface area (Å²) in [4.78, 5) is 0.379. The van der Waals surface area contributed by atoms with E-state index >= 15 is 0 Å². The Bertz CT molecular complexity index is 1220. The SMILES string of the molecule is C=C1C(=C(C)C)C(CCCC)=C(Cc2ccccc2)[C@@H]2CN(S(=O)(=O)c3ccc(C)cc3)C[C@H]12. The van der Waals surface area contributed by atoms with Gasteiger partial charge in [-0.1, -0.05) is 79.1 Å². The number of allylic oxidation sites excluding steroid dienone is 3. The first-order chi connectivity index (χ1) is 16.2. The van der Waals surface area contributed by atoms with Crippen LogP contribution in [-0.2, 0) is 16.4 Å². The second-order valence-corrected chi connectivity index (χ2v) is 12.0. The van der Waals surface area contributed by atoms with Crippen molar-refractivity contribution < 1.29 is 8.42 Å². The Hall–Kier alpha value is -2.43. The van der Waals surface area contributed by atoms with Gasteiger partial charge >= 0.3 is 0 Å². The number of rotatable bonds is 7. The Morgan fingerprint density at radius 3 is 2.26 bits per heavy atom. The van der Waals surface area contributed by atoms with Crippen molar-refractivity contribution in [2.24, 2.45) is 11.8 Å². The molecular formula is C30H37NO2S. The predicted octanol–water partition coefficient (Wildman–Crippen LogP) is 6.87. The normalized spacial score (nSPS) is 21.2. The first kappa shape index (κ1) is 24.7. The van der Waals surface area contributed by atoms with Gasteiger partial charge < -0.3 is 0 Å². The third-order valence-corrected chi connectivity index (χ3v) is 9.21. The molecule has 0 radical (unpaired) electrons. The van der Waals surface area contributed by atoms with Crippen LogP contribution in [0.25, 0.3) is 0 Å². The summed E-state index contributed by atoms with van der Waals surface area (Å²) in [6.45, 7) is 14.1. The minimum absolute atomic E-state index is 0.120. The topological polar surface area (TPSA) is 37.4 Å². The summed E-state index contributed by atoms with van der Waals surface area (Å²) in [7, 11) is -3.55. The van der Waals surface area contributed by atoms with Gasteiger partial charge in [-0.25, -0.2) is 8.42 Å². The van der Waals surface area contributed by atoms with Gasteiger partial charge in [-0.15, -0.1) is 0 Å². The van der Waals surface area contributed by atoms with E-state index in [1.54, 1.807) is 16.4 Å². The highest BCUT2D eigenvalue weighted by Crippen LogP contribution is 2.49. The molecule has 2 aliphatic rings. The molecule has 1 aliphatic carbocycles. The molecule has 0 aromatic heterocycles. The summed E-state index contributed by atoms with van der Waals surface area (Å²) < 4.78 is 28.9. The monoisotopic (exact) mass is 475 g/mol. The lowest BCUT2D eigenvalue weighted by atomic mass is 9.68. The van der Waals surface area contributed by atoms with E-state index in [-0.39, 0.29) is 11.8 Å². The van der Waals surface area contributed by atoms with Crippen LogP contribution in [0.4, 0.5) is 0 Å². The van der Waals surface area contributed by atoms with Crippen LogP contribution in [0.5, 0.6) is 0 Å². The van der Waals surface area contributed by atoms with Gasteiger partial charge in [0, 0.05) is 24.9 Å². The van der Waals surface area contributed by atoms with Gasteiger partial charge in [-0.2, -0.15) is 4.31 Å². The summed E-state index contributed by atoms with van der Waals surface area (Å²) in [5.74, 6) is 0.289. The number of fused-ring (bicyclic) bond motifs is 1. The predicted molar refractivity (Wildman–Crippen MR) is 141 cm³/mol. The lowest BCUT2D eigenvalue weighted by Crippen LogP contribution is -2.29. The molecule has 0 N–H and O–H groups in total. The summed E-state index contributed by atoms with van der Waals surface area (Å²) in [6, 6.07) is 17.8. The van der Waals surface area contributed by atoms with Crippen molar-refractivity contribution in [1.29, 1.82) is 0 Å². The van der Waals surface area contributed by atoms with Crippen LogP contribution in [-0.4, -0.2) is 25.8 Å². The molecule has 1 aliphatic heterocycles. The van der Waals surface area contributed by atoms with Crippen LogP contribution >= 0.6 is 0 Å². The molecule has 2 aromatic rings. The Labute approximate surface area is 205 Å². The number of aryl methyl sites for hydroxylation is 1. The number of benzene rings is 2. The molecule has 1 heterocycles. The van der Waals surface area contributed by atoms with E-state index in [2.05, 4.69) is 51.6 Å². The van der Waals surface area contributed by atoms with Crippen molar-refractivity contribution >= 4 is 10.0 Å². The molecule has 0 amide bonds. The van der Waals surface area contributed by atoms with Gasteiger partial charge in [-0.3, -0.25) is 0 Å². The number of nitrogens with zero attached hydrogens (tertiary/aromatic N) is 1. The van der Waals surface area contributed by atoms with Gasteiger partial charge in [0.1, 0.15) is 0 Å². The third-order valence-electron chi connectivity index (χ3n) is 7.37. The summed E-state index contributed by atoms with van der Waals surface area (Å²) in [5, 5.41) is 0. The minimum atomic E-state index is -3.55. The van der Waals surface area contributed by atoms with Crippen LogP contribution in [0.3, 0.4) is 0 Å². The molecule has 1 fully saturated rings. The first-order valence-corrected chi connectivity index (χ1v) is 13.9. The standard InChI is InChI=1S/C30H37NO2S/c1-6-7-13-26-27(18-24-11-9-8-10-12-24)29-20-31(19-28(29)23(5)30(26)21(2)3)34(32,33)25-16-14-22(4)15-17-25/h8-12,14-17,28-29H,5-7,13,18-20H2,1-4H3/t28-,29+/m1/s1. The Morgan fingerprint density at radius 2 is 1.65 bits per heavy atom. The summed E-state index contributed by atoms with van der Waals surface area (Å²) in [5.41, 5.74) is 8.85. The zero-order valence-electron chi connectivity index (χ0n) is 21.0. The molecule has 4 heteroatoms. The van der Waals surface area contributed by atoms with Crippen LogP contribution in [0.15, 0.2) is 93.9 Å². The summed E-state index contributed by atoms with van der Waals surface area (Å²) in [6.07, 6.45) is 4.14. The Balaban J connectivity index is 1.78. The van der Waals surface area contributed by atoms with Crippen LogP contribution in [0, 0.1) is 18.8 Å². The van der Waals surface area contributed by atoms with E-state index in [0.717, 1.165) is 36.8 Å². The van der Waals surface area contributed by atoms with E-state index in [1.807, 2.05) is 25.1 Å². The average molecular weight is 476 g/mol. The maximum absolute atomic E-state index is 13.6. The number of sulfonamides is 1. The highest BCUT2D eigenvalue weighted by molar-refractivity contribution is 7.89. The largest absolute Gasteiger partial charge is 0.243 e. The smallest absolute Gasteiger partial charge is 0.207 e. The second kappa shape index (κ2) is 10.1. The molecule has 2 atom stereocenters. The van der Waals surface area contributed by atoms with Crippen LogP contribution in [0.2, 0.25) is 0 Å². The van der Waals surface area contributed by atoms with Gasteiger partial charge in [0.2, 0.25) is 10.0 Å². The third kappa shape index (κ3) is 4.71. The fourth-order valence-corrected chi connectivity index (χ4v) is 7.10. The van der Waals surface area contributed by atoms with Crippen LogP contribution < -0.4 is 0 Å². The first-order valence-electron chi connectivity index (χ1n) is 12.4. The van der Waals surface area contributed by atoms with E-state index < -0.39 is 10.0 Å². The lowest BCUT2D eigenvalue weighted by Gasteiger charge is -2.35. The molecule has 0 unspecified atom stereocenters. The molecule has 4 rings (SSSR count). The summed E-state index contributed by atoms with van der Waals surface area (Å²) >= 11 is 0. The van der Waals surface area contributed by atoms with Crippen molar-refractivity contribution in [1.82, 2.24) is 4.31 Å². The average Bonchev–Trinajstić information content (AvgIpc) is 3.27. The minimum Gasteiger partial charge on any atom is -0.207 e. The molecule has 3 nitrogen and oxygen atoms in total. The second-order valence-electron chi connectivity index (χ2n) is 10.0. The molecule has 0 saturated carbocycles. The zero-order chi connectivity index (χ0) is 24.5. The quantitative estimate of drug-likeness (QED) is 0.438. The molecule has 34 heavy (non-hydrogen) atoms. The number of hydrogen-bond donors (Lipinski definition) is 0. The lowest BCUT2D eigenvalue weighted by molar-refractivity contribution is 0.465. The fourth-order valence-electron chi connectivity index (χ4n) is 5.61. The van der Waals surface area contributed by atoms with Gasteiger partial charge in [0.15, 0.2) is 0 Å². The molecular weight excluding hydrogens is 438 g/mol. The van der Waals surface area contributed by atoms with E-state index in [4.69, 9.17) is 0 Å². The maximum Gasteiger partial charge on any atom is 0.243 e. The highest BCUT2D eigenvalue weighted by atomic mass is 32.2. The molecule has 0 spiro atoms. The van der Waals surface area contributed by atoms with Gasteiger partial charge in [0.05, 0.1) is 4.90 Å². The molecule has 0 bridgehead atoms. The van der Waals surface area contributed by atoms with Crippen molar-refractivity contribution in [2.75, 3.05) is 13.1 Å². The van der Waals surface area contributed by atoms with Gasteiger partial charge in [-0.05, 0) is 74.4 Å². The Morgan fingerprint density at radius 1 is 1.00 bits per heavy atom. The number of hydrogen-bond acceptors (Lipinski definition) is 2. The zero-order valence-corrected chi connectivity index (χ0v) is 21.8. The molecule has 1 saturated heterocycles. The molecule has 2 aromatic carbocycles. The highest BCUT2D eigenvalue weighted by Gasteiger charge is 2.46. The molecule has 180 valence electrons. The van der Waals surface area contributed by atoms with Crippen LogP contribution in [0.1, 0.15) is 51.2 Å². The van der Waals surface area contributed by atoms with E-state index in [1.165, 1.54) is 27.9 Å². The van der Waals surface area contributed by atoms with Crippen molar-refractivity contribution in [3.05, 3.63) is 100 Å². The van der Waals surface area contributed by atoms with Crippen molar-refractivity contribution in [2.45, 2.75) is 58.3 Å². The van der Waals surface area contributed by atoms with Crippen molar-refractivity contribution in [3.8, 4) is 0 Å². The fraction of sp³-hybridized carbons (Fsp3) is 0.400. The van der Waals surface area contributed by atoms with E-state index in [9.17, 15) is 8.42 Å². The van der Waals surface area contributed by atoms with Crippen molar-refractivity contribution in [3.63, 3.8) is 0 Å². The Kier molecular flexibility index (Phi) is 7.30.